The highest BCUT2D eigenvalue weighted by atomic mass is 16.6. The van der Waals surface area contributed by atoms with E-state index in [0.29, 0.717) is 0 Å². The van der Waals surface area contributed by atoms with E-state index in [0.717, 1.165) is 0 Å². The molecule has 0 aromatic carbocycles. The van der Waals surface area contributed by atoms with Gasteiger partial charge in [0, 0.05) is 0 Å². The molecule has 2 saturated heterocycles. The van der Waals surface area contributed by atoms with Crippen molar-refractivity contribution >= 4 is 17.9 Å². The van der Waals surface area contributed by atoms with Gasteiger partial charge in [-0.15, -0.1) is 0 Å². The molecule has 2 heterocycles. The molecule has 0 aromatic heterocycles. The second-order valence-electron chi connectivity index (χ2n) is 4.98. The van der Waals surface area contributed by atoms with E-state index in [1.807, 2.05) is 0 Å². The molecule has 2 aliphatic heterocycles. The van der Waals surface area contributed by atoms with Gasteiger partial charge in [-0.1, -0.05) is 0 Å². The molecule has 0 bridgehead atoms. The Bertz CT molecular complexity index is 433. The number of rotatable bonds is 0. The Hall–Kier alpha value is -1.43. The van der Waals surface area contributed by atoms with Crippen LogP contribution in [0.5, 0.6) is 0 Å². The minimum Gasteiger partial charge on any atom is -0.435 e. The van der Waals surface area contributed by atoms with E-state index in [-0.39, 0.29) is 0 Å². The van der Waals surface area contributed by atoms with E-state index in [1.54, 1.807) is 0 Å². The second-order valence-corrected chi connectivity index (χ2v) is 4.98. The topological polar surface area (TPSA) is 89.9 Å². The summed E-state index contributed by atoms with van der Waals surface area (Å²) in [5.74, 6) is -3.54. The third-order valence-electron chi connectivity index (χ3n) is 4.31. The molecule has 1 saturated carbocycles. The van der Waals surface area contributed by atoms with Gasteiger partial charge >= 0.3 is 17.9 Å². The Morgan fingerprint density at radius 3 is 2.31 bits per heavy atom. The molecular formula is C10H10O6. The molecule has 3 fully saturated rings. The Kier molecular flexibility index (Phi) is 1.40. The van der Waals surface area contributed by atoms with Gasteiger partial charge < -0.3 is 14.6 Å². The molecule has 0 spiro atoms. The first-order chi connectivity index (χ1) is 7.34. The van der Waals surface area contributed by atoms with Crippen molar-refractivity contribution < 1.29 is 29.0 Å². The summed E-state index contributed by atoms with van der Waals surface area (Å²) in [6.07, 6.45) is -1.34. The summed E-state index contributed by atoms with van der Waals surface area (Å²) in [6.45, 7) is 3.06. The summed E-state index contributed by atoms with van der Waals surface area (Å²) in [6, 6.07) is 0. The highest BCUT2D eigenvalue weighted by Gasteiger charge is 2.85. The number of esters is 3. The zero-order chi connectivity index (χ0) is 11.9. The molecule has 6 heteroatoms. The van der Waals surface area contributed by atoms with E-state index in [2.05, 4.69) is 4.74 Å². The van der Waals surface area contributed by atoms with Crippen molar-refractivity contribution in [2.75, 3.05) is 0 Å². The van der Waals surface area contributed by atoms with E-state index in [9.17, 15) is 19.5 Å². The predicted octanol–water partition coefficient (Wildman–Crippen LogP) is -0.796. The second kappa shape index (κ2) is 2.29. The number of carbonyl (C=O) groups excluding carboxylic acids is 3. The van der Waals surface area contributed by atoms with Gasteiger partial charge in [-0.3, -0.25) is 14.4 Å². The number of hydrogen-bond donors (Lipinski definition) is 1. The van der Waals surface area contributed by atoms with Crippen molar-refractivity contribution in [1.82, 2.24) is 0 Å². The smallest absolute Gasteiger partial charge is 0.320 e. The predicted molar refractivity (Wildman–Crippen MR) is 46.4 cm³/mol. The van der Waals surface area contributed by atoms with Crippen LogP contribution in [0, 0.1) is 22.7 Å². The molecule has 0 aromatic rings. The van der Waals surface area contributed by atoms with E-state index >= 15 is 0 Å². The molecule has 1 aliphatic carbocycles. The van der Waals surface area contributed by atoms with E-state index in [1.165, 1.54) is 13.8 Å². The first-order valence-electron chi connectivity index (χ1n) is 5.00. The van der Waals surface area contributed by atoms with Gasteiger partial charge in [-0.25, -0.2) is 0 Å². The lowest BCUT2D eigenvalue weighted by Gasteiger charge is -2.52. The van der Waals surface area contributed by atoms with Gasteiger partial charge in [-0.05, 0) is 13.8 Å². The van der Waals surface area contributed by atoms with Crippen molar-refractivity contribution in [2.45, 2.75) is 20.1 Å². The van der Waals surface area contributed by atoms with E-state index < -0.39 is 46.9 Å². The maximum absolute atomic E-state index is 11.6. The Labute approximate surface area is 90.5 Å². The van der Waals surface area contributed by atoms with E-state index in [4.69, 9.17) is 4.74 Å². The summed E-state index contributed by atoms with van der Waals surface area (Å²) in [5, 5.41) is 9.61. The molecule has 3 aliphatic rings. The quantitative estimate of drug-likeness (QED) is 0.429. The van der Waals surface area contributed by atoms with Gasteiger partial charge in [-0.2, -0.15) is 0 Å². The third-order valence-corrected chi connectivity index (χ3v) is 4.31. The summed E-state index contributed by atoms with van der Waals surface area (Å²) in [7, 11) is 0. The van der Waals surface area contributed by atoms with Crippen LogP contribution in [-0.2, 0) is 23.9 Å². The fourth-order valence-electron chi connectivity index (χ4n) is 3.65. The number of carbonyl (C=O) groups is 3. The minimum absolute atomic E-state index is 0.640. The van der Waals surface area contributed by atoms with Crippen LogP contribution >= 0.6 is 0 Å². The van der Waals surface area contributed by atoms with Crippen LogP contribution in [0.2, 0.25) is 0 Å². The highest BCUT2D eigenvalue weighted by molar-refractivity contribution is 6.06. The van der Waals surface area contributed by atoms with Gasteiger partial charge in [0.15, 0.2) is 0 Å². The first kappa shape index (κ1) is 9.77. The molecule has 5 unspecified atom stereocenters. The molecule has 0 amide bonds. The first-order valence-corrected chi connectivity index (χ1v) is 5.00. The largest absolute Gasteiger partial charge is 0.435 e. The minimum atomic E-state index is -1.34. The number of hydrogen-bond acceptors (Lipinski definition) is 6. The fourth-order valence-corrected chi connectivity index (χ4v) is 3.65. The lowest BCUT2D eigenvalue weighted by molar-refractivity contribution is -0.192. The van der Waals surface area contributed by atoms with Gasteiger partial charge in [0.2, 0.25) is 6.29 Å². The number of ether oxygens (including phenoxy) is 2. The summed E-state index contributed by atoms with van der Waals surface area (Å²) in [5.41, 5.74) is -2.26. The average Bonchev–Trinajstić information content (AvgIpc) is 2.44. The fraction of sp³-hybridized carbons (Fsp3) is 0.700. The van der Waals surface area contributed by atoms with Crippen LogP contribution in [-0.4, -0.2) is 29.3 Å². The number of aliphatic hydroxyl groups is 1. The number of cyclic esters (lactones) is 3. The monoisotopic (exact) mass is 226 g/mol. The third kappa shape index (κ3) is 0.658. The molecule has 5 atom stereocenters. The molecule has 86 valence electrons. The molecule has 3 rings (SSSR count). The number of aliphatic hydroxyl groups excluding tert-OH is 1. The maximum Gasteiger partial charge on any atom is 0.320 e. The summed E-state index contributed by atoms with van der Waals surface area (Å²) >= 11 is 0. The normalized spacial score (nSPS) is 53.9. The SMILES string of the molecule is CC12C(=O)OC(=O)C1C1(C)C(=O)OC(O)C21. The lowest BCUT2D eigenvalue weighted by atomic mass is 9.41. The molecule has 6 nitrogen and oxygen atoms in total. The highest BCUT2D eigenvalue weighted by Crippen LogP contribution is 2.71. The average molecular weight is 226 g/mol. The number of fused-ring (bicyclic) bond motifs is 4. The van der Waals surface area contributed by atoms with Crippen molar-refractivity contribution in [1.29, 1.82) is 0 Å². The Balaban J connectivity index is 2.16. The molecular weight excluding hydrogens is 216 g/mol. The lowest BCUT2D eigenvalue weighted by Crippen LogP contribution is -2.65. The molecule has 1 N–H and O–H groups in total. The Morgan fingerprint density at radius 2 is 1.69 bits per heavy atom. The van der Waals surface area contributed by atoms with Crippen LogP contribution in [0.1, 0.15) is 13.8 Å². The zero-order valence-electron chi connectivity index (χ0n) is 8.72. The van der Waals surface area contributed by atoms with Gasteiger partial charge in [0.25, 0.3) is 0 Å². The van der Waals surface area contributed by atoms with Crippen LogP contribution in [0.15, 0.2) is 0 Å². The van der Waals surface area contributed by atoms with Gasteiger partial charge in [0.1, 0.15) is 0 Å². The Morgan fingerprint density at radius 1 is 1.12 bits per heavy atom. The molecule has 16 heavy (non-hydrogen) atoms. The maximum atomic E-state index is 11.6. The van der Waals surface area contributed by atoms with Crippen molar-refractivity contribution in [3.8, 4) is 0 Å². The van der Waals surface area contributed by atoms with Gasteiger partial charge in [0.05, 0.1) is 22.7 Å². The standard InChI is InChI=1S/C10H10O6/c1-9-3(5(11)15-7(9)13)10(2)4(9)6(12)16-8(10)14/h3-5,11H,1-2H3. The van der Waals surface area contributed by atoms with Crippen LogP contribution < -0.4 is 0 Å². The molecule has 0 radical (unpaired) electrons. The van der Waals surface area contributed by atoms with Crippen LogP contribution in [0.3, 0.4) is 0 Å². The van der Waals surface area contributed by atoms with Crippen molar-refractivity contribution in [2.24, 2.45) is 22.7 Å². The van der Waals surface area contributed by atoms with Crippen LogP contribution in [0.25, 0.3) is 0 Å². The zero-order valence-corrected chi connectivity index (χ0v) is 8.72. The van der Waals surface area contributed by atoms with Crippen molar-refractivity contribution in [3.63, 3.8) is 0 Å². The summed E-state index contributed by atoms with van der Waals surface area (Å²) in [4.78, 5) is 34.7. The van der Waals surface area contributed by atoms with Crippen LogP contribution in [0.4, 0.5) is 0 Å². The van der Waals surface area contributed by atoms with Crippen molar-refractivity contribution in [3.05, 3.63) is 0 Å². The summed E-state index contributed by atoms with van der Waals surface area (Å²) < 4.78 is 9.26.